The Labute approximate surface area is 110 Å². The Morgan fingerprint density at radius 3 is 2.42 bits per heavy atom. The maximum absolute atomic E-state index is 13.7. The van der Waals surface area contributed by atoms with Gasteiger partial charge in [0.15, 0.2) is 11.5 Å². The van der Waals surface area contributed by atoms with Crippen LogP contribution in [0.15, 0.2) is 12.1 Å². The van der Waals surface area contributed by atoms with Crippen molar-refractivity contribution in [1.29, 1.82) is 0 Å². The van der Waals surface area contributed by atoms with Crippen LogP contribution >= 0.6 is 11.6 Å². The number of hydrogen-bond acceptors (Lipinski definition) is 5. The highest BCUT2D eigenvalue weighted by molar-refractivity contribution is 7.85. The standard InChI is InChI=1S/C8H3ClF2O2.CH3FO3S/c9-4-2-6-5-1-3(4)8(11,13-6)7(10)12-5;1-6(3,4)5-2/h1-2,7H;1H3. The number of ether oxygens (including phenoxy) is 2. The number of fused-ring (bicyclic) bond motifs is 2. The molecule has 10 heteroatoms. The van der Waals surface area contributed by atoms with Crippen LogP contribution in [-0.2, 0) is 20.4 Å². The first-order chi connectivity index (χ1) is 8.67. The Morgan fingerprint density at radius 1 is 1.42 bits per heavy atom. The van der Waals surface area contributed by atoms with Gasteiger partial charge in [0.25, 0.3) is 10.1 Å². The van der Waals surface area contributed by atoms with Gasteiger partial charge in [-0.15, -0.1) is 0 Å². The molecule has 0 spiro atoms. The molecule has 0 aliphatic carbocycles. The molecular weight excluding hydrogens is 313 g/mol. The third kappa shape index (κ3) is 2.45. The molecule has 0 amide bonds. The van der Waals surface area contributed by atoms with E-state index in [1.807, 2.05) is 0 Å². The van der Waals surface area contributed by atoms with E-state index in [0.29, 0.717) is 6.26 Å². The van der Waals surface area contributed by atoms with Crippen molar-refractivity contribution in [3.8, 4) is 11.5 Å². The van der Waals surface area contributed by atoms with E-state index in [0.717, 1.165) is 0 Å². The van der Waals surface area contributed by atoms with Gasteiger partial charge in [-0.25, -0.2) is 0 Å². The zero-order valence-corrected chi connectivity index (χ0v) is 10.8. The predicted molar refractivity (Wildman–Crippen MR) is 57.4 cm³/mol. The smallest absolute Gasteiger partial charge is 0.343 e. The minimum atomic E-state index is -3.83. The van der Waals surface area contributed by atoms with Crippen LogP contribution in [-0.4, -0.2) is 21.0 Å². The van der Waals surface area contributed by atoms with Crippen LogP contribution in [0.5, 0.6) is 11.5 Å². The van der Waals surface area contributed by atoms with Gasteiger partial charge in [0.05, 0.1) is 16.8 Å². The molecule has 5 rings (SSSR count). The SMILES string of the molecule is CS(=O)(=O)OF.FC1Oc2cc3c(Cl)cc2OC31F. The maximum atomic E-state index is 13.7. The molecule has 0 aromatic heterocycles. The van der Waals surface area contributed by atoms with Gasteiger partial charge < -0.3 is 9.47 Å². The number of benzene rings is 1. The molecule has 0 fully saturated rings. The Morgan fingerprint density at radius 2 is 2.00 bits per heavy atom. The molecule has 1 aromatic carbocycles. The topological polar surface area (TPSA) is 61.8 Å². The molecule has 1 aromatic rings. The summed E-state index contributed by atoms with van der Waals surface area (Å²) in [5.74, 6) is -2.20. The summed E-state index contributed by atoms with van der Waals surface area (Å²) in [5.41, 5.74) is -0.00193. The number of hydrogen-bond donors (Lipinski definition) is 0. The maximum Gasteiger partial charge on any atom is 0.343 e. The van der Waals surface area contributed by atoms with Crippen LogP contribution in [0.1, 0.15) is 5.56 Å². The quantitative estimate of drug-likeness (QED) is 0.795. The fraction of sp³-hybridized carbons (Fsp3) is 0.333. The van der Waals surface area contributed by atoms with E-state index in [4.69, 9.17) is 16.3 Å². The Hall–Kier alpha value is -1.19. The van der Waals surface area contributed by atoms with Crippen LogP contribution in [0.25, 0.3) is 0 Å². The van der Waals surface area contributed by atoms with Crippen LogP contribution in [0, 0.1) is 0 Å². The van der Waals surface area contributed by atoms with Gasteiger partial charge in [-0.1, -0.05) is 16.0 Å². The lowest BCUT2D eigenvalue weighted by Crippen LogP contribution is -2.48. The summed E-state index contributed by atoms with van der Waals surface area (Å²) >= 11 is 5.68. The molecule has 19 heavy (non-hydrogen) atoms. The Bertz CT molecular complexity index is 623. The van der Waals surface area contributed by atoms with Gasteiger partial charge in [-0.05, 0) is 10.6 Å². The van der Waals surface area contributed by atoms with E-state index in [-0.39, 0.29) is 22.1 Å². The first-order valence-electron chi connectivity index (χ1n) is 4.70. The predicted octanol–water partition coefficient (Wildman–Crippen LogP) is 2.39. The molecule has 2 unspecified atom stereocenters. The van der Waals surface area contributed by atoms with E-state index in [9.17, 15) is 21.7 Å². The van der Waals surface area contributed by atoms with E-state index in [1.165, 1.54) is 12.1 Å². The van der Waals surface area contributed by atoms with Gasteiger partial charge in [0, 0.05) is 6.07 Å². The van der Waals surface area contributed by atoms with Crippen LogP contribution in [0.3, 0.4) is 0 Å². The molecular formula is C9H6ClF3O5S. The molecule has 0 saturated carbocycles. The summed E-state index contributed by atoms with van der Waals surface area (Å²) in [6.45, 7) is 0. The van der Waals surface area contributed by atoms with Crippen molar-refractivity contribution < 1.29 is 35.6 Å². The lowest BCUT2D eigenvalue weighted by atomic mass is 10.00. The zero-order chi connectivity index (χ0) is 14.4. The van der Waals surface area contributed by atoms with Crippen molar-refractivity contribution in [2.24, 2.45) is 0 Å². The molecule has 0 radical (unpaired) electrons. The minimum absolute atomic E-state index is 0.00193. The van der Waals surface area contributed by atoms with Crippen molar-refractivity contribution in [3.05, 3.63) is 22.7 Å². The summed E-state index contributed by atoms with van der Waals surface area (Å²) in [6.07, 6.45) is -1.51. The molecule has 4 aliphatic heterocycles. The summed E-state index contributed by atoms with van der Waals surface area (Å²) in [4.78, 5) is 0. The third-order valence-electron chi connectivity index (χ3n) is 2.30. The molecule has 2 atom stereocenters. The Balaban J connectivity index is 0.000000192. The zero-order valence-electron chi connectivity index (χ0n) is 9.19. The van der Waals surface area contributed by atoms with Crippen molar-refractivity contribution in [2.45, 2.75) is 12.2 Å². The monoisotopic (exact) mass is 318 g/mol. The van der Waals surface area contributed by atoms with Crippen LogP contribution < -0.4 is 9.47 Å². The lowest BCUT2D eigenvalue weighted by molar-refractivity contribution is -0.221. The number of alkyl halides is 2. The first kappa shape index (κ1) is 14.2. The second-order valence-electron chi connectivity index (χ2n) is 3.73. The van der Waals surface area contributed by atoms with E-state index in [1.54, 1.807) is 0 Å². The lowest BCUT2D eigenvalue weighted by Gasteiger charge is -2.40. The normalized spacial score (nSPS) is 26.3. The van der Waals surface area contributed by atoms with Crippen LogP contribution in [0.4, 0.5) is 13.3 Å². The van der Waals surface area contributed by atoms with Gasteiger partial charge in [0.1, 0.15) is 0 Å². The molecule has 4 bridgehead atoms. The summed E-state index contributed by atoms with van der Waals surface area (Å²) in [7, 11) is -3.83. The van der Waals surface area contributed by atoms with Crippen molar-refractivity contribution in [3.63, 3.8) is 0 Å². The highest BCUT2D eigenvalue weighted by Gasteiger charge is 2.56. The molecule has 4 heterocycles. The molecule has 5 nitrogen and oxygen atoms in total. The fourth-order valence-corrected chi connectivity index (χ4v) is 1.82. The summed E-state index contributed by atoms with van der Waals surface area (Å²) in [5, 5.41) is 0.165. The largest absolute Gasteiger partial charge is 0.449 e. The van der Waals surface area contributed by atoms with E-state index >= 15 is 0 Å². The van der Waals surface area contributed by atoms with Crippen LogP contribution in [0.2, 0.25) is 5.02 Å². The minimum Gasteiger partial charge on any atom is -0.449 e. The Kier molecular flexibility index (Phi) is 3.31. The first-order valence-corrected chi connectivity index (χ1v) is 6.89. The molecule has 4 aliphatic rings. The van der Waals surface area contributed by atoms with Gasteiger partial charge >= 0.3 is 12.2 Å². The second kappa shape index (κ2) is 4.43. The summed E-state index contributed by atoms with van der Waals surface area (Å²) in [6, 6.07) is 2.77. The van der Waals surface area contributed by atoms with Crippen molar-refractivity contribution >= 4 is 21.7 Å². The number of rotatable bonds is 1. The fourth-order valence-electron chi connectivity index (χ4n) is 1.54. The number of halogens is 4. The third-order valence-corrected chi connectivity index (χ3v) is 2.84. The molecule has 0 saturated heterocycles. The second-order valence-corrected chi connectivity index (χ2v) is 5.67. The van der Waals surface area contributed by atoms with E-state index in [2.05, 4.69) is 9.12 Å². The van der Waals surface area contributed by atoms with Gasteiger partial charge in [-0.2, -0.15) is 17.2 Å². The van der Waals surface area contributed by atoms with Crippen molar-refractivity contribution in [1.82, 2.24) is 0 Å². The highest BCUT2D eigenvalue weighted by atomic mass is 35.5. The van der Waals surface area contributed by atoms with Gasteiger partial charge in [0.2, 0.25) is 0 Å². The van der Waals surface area contributed by atoms with Gasteiger partial charge in [-0.3, -0.25) is 0 Å². The van der Waals surface area contributed by atoms with E-state index < -0.39 is 22.3 Å². The van der Waals surface area contributed by atoms with Crippen molar-refractivity contribution in [2.75, 3.05) is 6.26 Å². The molecule has 106 valence electrons. The molecule has 0 N–H and O–H groups in total. The average Bonchev–Trinajstić information content (AvgIpc) is 2.30. The highest BCUT2D eigenvalue weighted by Crippen LogP contribution is 2.54. The summed E-state index contributed by atoms with van der Waals surface area (Å²) < 4.78 is 67.7. The average molecular weight is 319 g/mol.